The van der Waals surface area contributed by atoms with Crippen LogP contribution < -0.4 is 21.3 Å². The molecule has 0 radical (unpaired) electrons. The lowest BCUT2D eigenvalue weighted by Crippen LogP contribution is -2.40. The molecule has 4 N–H and O–H groups in total. The summed E-state index contributed by atoms with van der Waals surface area (Å²) < 4.78 is 0. The highest BCUT2D eigenvalue weighted by Gasteiger charge is 2.16. The third-order valence-electron chi connectivity index (χ3n) is 5.86. The van der Waals surface area contributed by atoms with Gasteiger partial charge in [-0.25, -0.2) is 0 Å². The van der Waals surface area contributed by atoms with Crippen LogP contribution in [0.25, 0.3) is 0 Å². The van der Waals surface area contributed by atoms with Gasteiger partial charge in [-0.15, -0.1) is 0 Å². The fourth-order valence-electron chi connectivity index (χ4n) is 3.61. The van der Waals surface area contributed by atoms with E-state index in [4.69, 9.17) is 0 Å². The van der Waals surface area contributed by atoms with Gasteiger partial charge in [0, 0.05) is 43.5 Å². The van der Waals surface area contributed by atoms with Crippen LogP contribution in [-0.2, 0) is 9.59 Å². The van der Waals surface area contributed by atoms with Crippen LogP contribution in [0.1, 0.15) is 76.1 Å². The molecule has 0 aliphatic rings. The average Bonchev–Trinajstić information content (AvgIpc) is 2.83. The van der Waals surface area contributed by atoms with Crippen molar-refractivity contribution in [3.63, 3.8) is 0 Å². The molecule has 0 saturated carbocycles. The quantitative estimate of drug-likeness (QED) is 0.205. The monoisotopic (exact) mass is 473 g/mol. The number of Topliss-reactive ketones (excluding diaryl/α,β-unsaturated/α-hetero) is 1. The molecular weight excluding hydrogens is 430 g/mol. The van der Waals surface area contributed by atoms with Gasteiger partial charge in [0.1, 0.15) is 5.78 Å². The maximum atomic E-state index is 12.4. The molecule has 0 fully saturated rings. The van der Waals surface area contributed by atoms with Crippen LogP contribution in [0.3, 0.4) is 0 Å². The molecule has 1 aromatic carbocycles. The maximum absolute atomic E-state index is 12.4. The van der Waals surface area contributed by atoms with Crippen LogP contribution in [-0.4, -0.2) is 62.6 Å². The van der Waals surface area contributed by atoms with Gasteiger partial charge in [-0.05, 0) is 83.7 Å². The highest BCUT2D eigenvalue weighted by molar-refractivity contribution is 5.94. The van der Waals surface area contributed by atoms with Gasteiger partial charge in [0.25, 0.3) is 5.91 Å². The number of likely N-dealkylation sites (N-methyl/N-ethyl adjacent to an activating group) is 1. The zero-order valence-corrected chi connectivity index (χ0v) is 21.5. The molecule has 0 spiro atoms. The number of nitrogens with zero attached hydrogens (tertiary/aromatic N) is 1. The fourth-order valence-corrected chi connectivity index (χ4v) is 3.61. The molecule has 1 rings (SSSR count). The Kier molecular flexibility index (Phi) is 14.5. The van der Waals surface area contributed by atoms with E-state index in [1.165, 1.54) is 0 Å². The van der Waals surface area contributed by atoms with E-state index in [1.54, 1.807) is 21.0 Å². The van der Waals surface area contributed by atoms with E-state index < -0.39 is 0 Å². The Bertz CT molecular complexity index is 792. The van der Waals surface area contributed by atoms with E-state index in [1.807, 2.05) is 31.2 Å². The summed E-state index contributed by atoms with van der Waals surface area (Å²) in [6.07, 6.45) is 5.14. The van der Waals surface area contributed by atoms with Crippen molar-refractivity contribution in [2.45, 2.75) is 77.8 Å². The van der Waals surface area contributed by atoms with E-state index in [0.717, 1.165) is 43.6 Å². The van der Waals surface area contributed by atoms with Gasteiger partial charge in [0.05, 0.1) is 12.1 Å². The SMILES string of the molecule is CCCNc1ccc(C(=O)NCCCCC(NC(=O)CCCC(NC)C(C)=O)C(C)=NC)cc1. The summed E-state index contributed by atoms with van der Waals surface area (Å²) in [4.78, 5) is 40.5. The van der Waals surface area contributed by atoms with Crippen molar-refractivity contribution < 1.29 is 14.4 Å². The number of hydrogen-bond donors (Lipinski definition) is 4. The lowest BCUT2D eigenvalue weighted by molar-refractivity contribution is -0.122. The van der Waals surface area contributed by atoms with E-state index in [9.17, 15) is 14.4 Å². The minimum Gasteiger partial charge on any atom is -0.385 e. The fraction of sp³-hybridized carbons (Fsp3) is 0.615. The lowest BCUT2D eigenvalue weighted by atomic mass is 10.0. The predicted molar refractivity (Wildman–Crippen MR) is 140 cm³/mol. The second kappa shape index (κ2) is 16.8. The topological polar surface area (TPSA) is 112 Å². The molecule has 2 unspecified atom stereocenters. The summed E-state index contributed by atoms with van der Waals surface area (Å²) in [7, 11) is 3.48. The van der Waals surface area contributed by atoms with Crippen molar-refractivity contribution in [2.75, 3.05) is 32.5 Å². The third-order valence-corrected chi connectivity index (χ3v) is 5.86. The smallest absolute Gasteiger partial charge is 0.251 e. The first-order valence-electron chi connectivity index (χ1n) is 12.3. The van der Waals surface area contributed by atoms with Crippen molar-refractivity contribution in [1.29, 1.82) is 0 Å². The van der Waals surface area contributed by atoms with Gasteiger partial charge in [-0.3, -0.25) is 19.4 Å². The molecule has 0 aliphatic carbocycles. The van der Waals surface area contributed by atoms with Crippen molar-refractivity contribution >= 4 is 29.0 Å². The molecule has 34 heavy (non-hydrogen) atoms. The van der Waals surface area contributed by atoms with Gasteiger partial charge < -0.3 is 21.3 Å². The van der Waals surface area contributed by atoms with Crippen LogP contribution in [0.5, 0.6) is 0 Å². The first-order chi connectivity index (χ1) is 16.3. The van der Waals surface area contributed by atoms with Crippen LogP contribution >= 0.6 is 0 Å². The lowest BCUT2D eigenvalue weighted by Gasteiger charge is -2.19. The van der Waals surface area contributed by atoms with Gasteiger partial charge in [0.2, 0.25) is 5.91 Å². The van der Waals surface area contributed by atoms with Crippen molar-refractivity contribution in [3.05, 3.63) is 29.8 Å². The summed E-state index contributed by atoms with van der Waals surface area (Å²) in [5, 5.41) is 12.3. The zero-order valence-electron chi connectivity index (χ0n) is 21.5. The molecule has 2 amide bonds. The van der Waals surface area contributed by atoms with Gasteiger partial charge in [-0.1, -0.05) is 6.92 Å². The number of carbonyl (C=O) groups is 3. The normalized spacial score (nSPS) is 13.1. The molecule has 8 heteroatoms. The molecule has 0 heterocycles. The van der Waals surface area contributed by atoms with Crippen LogP contribution in [0.15, 0.2) is 29.3 Å². The molecule has 0 bridgehead atoms. The summed E-state index contributed by atoms with van der Waals surface area (Å²) in [5.74, 6) is -0.0250. The second-order valence-corrected chi connectivity index (χ2v) is 8.59. The Balaban J connectivity index is 2.37. The number of rotatable bonds is 17. The van der Waals surface area contributed by atoms with Crippen LogP contribution in [0, 0.1) is 0 Å². The molecular formula is C26H43N5O3. The number of hydrogen-bond acceptors (Lipinski definition) is 6. The molecule has 2 atom stereocenters. The summed E-state index contributed by atoms with van der Waals surface area (Å²) in [6.45, 7) is 7.07. The zero-order chi connectivity index (χ0) is 25.3. The maximum Gasteiger partial charge on any atom is 0.251 e. The first-order valence-corrected chi connectivity index (χ1v) is 12.3. The Hall–Kier alpha value is -2.74. The van der Waals surface area contributed by atoms with Crippen molar-refractivity contribution in [1.82, 2.24) is 16.0 Å². The number of aliphatic imine (C=N–C) groups is 1. The molecule has 8 nitrogen and oxygen atoms in total. The third kappa shape index (κ3) is 11.4. The van der Waals surface area contributed by atoms with E-state index >= 15 is 0 Å². The standard InChI is InChI=1S/C26H43N5O3/c1-6-17-29-22-15-13-21(14-16-22)26(34)30-18-8-7-10-23(19(2)27-4)31-25(33)12-9-11-24(28-5)20(3)32/h13-16,23-24,28-29H,6-12,17-18H2,1-5H3,(H,30,34)(H,31,33). The number of nitrogens with one attached hydrogen (secondary N) is 4. The Morgan fingerprint density at radius 3 is 2.21 bits per heavy atom. The van der Waals surface area contributed by atoms with Crippen LogP contribution in [0.4, 0.5) is 5.69 Å². The number of ketones is 1. The number of amides is 2. The summed E-state index contributed by atoms with van der Waals surface area (Å²) >= 11 is 0. The molecule has 190 valence electrons. The highest BCUT2D eigenvalue weighted by atomic mass is 16.2. The highest BCUT2D eigenvalue weighted by Crippen LogP contribution is 2.10. The number of anilines is 1. The van der Waals surface area contributed by atoms with Gasteiger partial charge in [0.15, 0.2) is 0 Å². The minimum atomic E-state index is -0.201. The van der Waals surface area contributed by atoms with Crippen molar-refractivity contribution in [2.24, 2.45) is 4.99 Å². The molecule has 1 aromatic rings. The Morgan fingerprint density at radius 1 is 0.941 bits per heavy atom. The number of benzene rings is 1. The largest absolute Gasteiger partial charge is 0.385 e. The summed E-state index contributed by atoms with van der Waals surface area (Å²) in [6, 6.07) is 7.18. The van der Waals surface area contributed by atoms with Crippen LogP contribution in [0.2, 0.25) is 0 Å². The number of unbranched alkanes of at least 4 members (excludes halogenated alkanes) is 1. The Morgan fingerprint density at radius 2 is 1.62 bits per heavy atom. The first kappa shape index (κ1) is 29.3. The van der Waals surface area contributed by atoms with Gasteiger partial charge >= 0.3 is 0 Å². The van der Waals surface area contributed by atoms with E-state index in [2.05, 4.69) is 33.2 Å². The van der Waals surface area contributed by atoms with Gasteiger partial charge in [-0.2, -0.15) is 0 Å². The van der Waals surface area contributed by atoms with Crippen molar-refractivity contribution in [3.8, 4) is 0 Å². The minimum absolute atomic E-state index is 0.0309. The van der Waals surface area contributed by atoms with E-state index in [-0.39, 0.29) is 29.7 Å². The van der Waals surface area contributed by atoms with E-state index in [0.29, 0.717) is 31.4 Å². The average molecular weight is 474 g/mol. The summed E-state index contributed by atoms with van der Waals surface area (Å²) in [5.41, 5.74) is 2.54. The molecule has 0 aromatic heterocycles. The number of carbonyl (C=O) groups excluding carboxylic acids is 3. The second-order valence-electron chi connectivity index (χ2n) is 8.59. The molecule has 0 saturated heterocycles. The molecule has 0 aliphatic heterocycles. The Labute approximate surface area is 204 Å². The predicted octanol–water partition coefficient (Wildman–Crippen LogP) is 3.33.